The molecule has 2 aromatic rings. The fourth-order valence-corrected chi connectivity index (χ4v) is 1.74. The molecule has 1 heterocycles. The summed E-state index contributed by atoms with van der Waals surface area (Å²) < 4.78 is 7.35. The maximum Gasteiger partial charge on any atom is 0.123 e. The van der Waals surface area contributed by atoms with Gasteiger partial charge in [-0.15, -0.1) is 0 Å². The van der Waals surface area contributed by atoms with Crippen LogP contribution in [0.3, 0.4) is 0 Å². The topological polar surface area (TPSA) is 14.2 Å². The molecule has 0 bridgehead atoms. The van der Waals surface area contributed by atoms with Crippen LogP contribution in [-0.2, 0) is 6.54 Å². The molecule has 2 rings (SSSR count). The molecule has 0 unspecified atom stereocenters. The number of benzene rings is 1. The van der Waals surface area contributed by atoms with Crippen LogP contribution in [0.1, 0.15) is 5.56 Å². The molecule has 0 aliphatic carbocycles. The average Bonchev–Trinajstić information content (AvgIpc) is 2.71. The van der Waals surface area contributed by atoms with Gasteiger partial charge in [-0.3, -0.25) is 0 Å². The van der Waals surface area contributed by atoms with Crippen molar-refractivity contribution in [3.05, 3.63) is 53.3 Å². The molecule has 0 fully saturated rings. The first kappa shape index (κ1) is 10.1. The normalized spacial score (nSPS) is 10.3. The molecule has 0 amide bonds. The van der Waals surface area contributed by atoms with E-state index in [9.17, 15) is 0 Å². The molecule has 0 spiro atoms. The number of halogens is 1. The summed E-state index contributed by atoms with van der Waals surface area (Å²) in [5.41, 5.74) is 1.08. The largest absolute Gasteiger partial charge is 0.496 e. The minimum absolute atomic E-state index is 0.734. The zero-order valence-electron chi connectivity index (χ0n) is 8.48. The van der Waals surface area contributed by atoms with Crippen LogP contribution in [0.5, 0.6) is 5.75 Å². The zero-order valence-corrected chi connectivity index (χ0v) is 9.24. The van der Waals surface area contributed by atoms with E-state index in [1.54, 1.807) is 7.11 Å². The SMILES string of the molecule is COc1ccc(Cl)cc1Cn1cccc1. The molecular weight excluding hydrogens is 210 g/mol. The fourth-order valence-electron chi connectivity index (χ4n) is 1.54. The van der Waals surface area contributed by atoms with Crippen LogP contribution in [0.2, 0.25) is 5.02 Å². The number of methoxy groups -OCH3 is 1. The lowest BCUT2D eigenvalue weighted by atomic mass is 10.2. The Morgan fingerprint density at radius 2 is 2.00 bits per heavy atom. The van der Waals surface area contributed by atoms with E-state index in [4.69, 9.17) is 16.3 Å². The second-order valence-electron chi connectivity index (χ2n) is 3.31. The van der Waals surface area contributed by atoms with Crippen molar-refractivity contribution < 1.29 is 4.74 Å². The predicted octanol–water partition coefficient (Wildman–Crippen LogP) is 3.20. The number of hydrogen-bond donors (Lipinski definition) is 0. The molecule has 1 aromatic heterocycles. The Balaban J connectivity index is 2.30. The van der Waals surface area contributed by atoms with Crippen LogP contribution in [0, 0.1) is 0 Å². The number of rotatable bonds is 3. The van der Waals surface area contributed by atoms with Gasteiger partial charge in [0.25, 0.3) is 0 Å². The summed E-state index contributed by atoms with van der Waals surface area (Å²) in [4.78, 5) is 0. The Morgan fingerprint density at radius 3 is 2.67 bits per heavy atom. The number of aromatic nitrogens is 1. The molecule has 2 nitrogen and oxygen atoms in total. The molecule has 0 N–H and O–H groups in total. The van der Waals surface area contributed by atoms with Gasteiger partial charge in [0.15, 0.2) is 0 Å². The second kappa shape index (κ2) is 4.41. The van der Waals surface area contributed by atoms with Crippen LogP contribution in [0.15, 0.2) is 42.7 Å². The summed E-state index contributed by atoms with van der Waals surface area (Å²) in [6, 6.07) is 9.65. The smallest absolute Gasteiger partial charge is 0.123 e. The van der Waals surface area contributed by atoms with Crippen LogP contribution >= 0.6 is 11.6 Å². The third-order valence-corrected chi connectivity index (χ3v) is 2.50. The molecule has 1 aromatic carbocycles. The third kappa shape index (κ3) is 2.34. The molecular formula is C12H12ClNO. The predicted molar refractivity (Wildman–Crippen MR) is 61.5 cm³/mol. The lowest BCUT2D eigenvalue weighted by Crippen LogP contribution is -1.99. The van der Waals surface area contributed by atoms with Gasteiger partial charge in [0.2, 0.25) is 0 Å². The van der Waals surface area contributed by atoms with Gasteiger partial charge in [-0.2, -0.15) is 0 Å². The van der Waals surface area contributed by atoms with E-state index in [-0.39, 0.29) is 0 Å². The van der Waals surface area contributed by atoms with E-state index in [0.717, 1.165) is 22.9 Å². The van der Waals surface area contributed by atoms with E-state index in [1.807, 2.05) is 42.7 Å². The van der Waals surface area contributed by atoms with Gasteiger partial charge in [0.05, 0.1) is 13.7 Å². The number of ether oxygens (including phenoxy) is 1. The molecule has 0 atom stereocenters. The first-order valence-corrected chi connectivity index (χ1v) is 5.10. The highest BCUT2D eigenvalue weighted by Gasteiger charge is 2.03. The highest BCUT2D eigenvalue weighted by Crippen LogP contribution is 2.23. The summed E-state index contributed by atoms with van der Waals surface area (Å²) >= 11 is 5.95. The molecule has 15 heavy (non-hydrogen) atoms. The van der Waals surface area contributed by atoms with Crippen molar-refractivity contribution in [3.63, 3.8) is 0 Å². The van der Waals surface area contributed by atoms with E-state index in [2.05, 4.69) is 4.57 Å². The maximum atomic E-state index is 5.95. The summed E-state index contributed by atoms with van der Waals surface area (Å²) in [6.07, 6.45) is 4.03. The monoisotopic (exact) mass is 221 g/mol. The molecule has 0 radical (unpaired) electrons. The van der Waals surface area contributed by atoms with Crippen molar-refractivity contribution in [2.45, 2.75) is 6.54 Å². The fraction of sp³-hybridized carbons (Fsp3) is 0.167. The van der Waals surface area contributed by atoms with Crippen LogP contribution < -0.4 is 4.74 Å². The molecule has 0 aliphatic rings. The van der Waals surface area contributed by atoms with Crippen molar-refractivity contribution in [1.82, 2.24) is 4.57 Å². The minimum atomic E-state index is 0.734. The van der Waals surface area contributed by atoms with Crippen molar-refractivity contribution in [3.8, 4) is 5.75 Å². The molecule has 78 valence electrons. The maximum absolute atomic E-state index is 5.95. The summed E-state index contributed by atoms with van der Waals surface area (Å²) in [5, 5.41) is 0.734. The molecule has 0 saturated heterocycles. The van der Waals surface area contributed by atoms with Crippen molar-refractivity contribution in [1.29, 1.82) is 0 Å². The standard InChI is InChI=1S/C12H12ClNO/c1-15-12-5-4-11(13)8-10(12)9-14-6-2-3-7-14/h2-8H,9H2,1H3. The van der Waals surface area contributed by atoms with Crippen LogP contribution in [0.25, 0.3) is 0 Å². The lowest BCUT2D eigenvalue weighted by Gasteiger charge is -2.09. The van der Waals surface area contributed by atoms with Crippen molar-refractivity contribution in [2.75, 3.05) is 7.11 Å². The van der Waals surface area contributed by atoms with Gasteiger partial charge >= 0.3 is 0 Å². The van der Waals surface area contributed by atoms with Gasteiger partial charge in [-0.1, -0.05) is 11.6 Å². The van der Waals surface area contributed by atoms with E-state index >= 15 is 0 Å². The highest BCUT2D eigenvalue weighted by atomic mass is 35.5. The Hall–Kier alpha value is -1.41. The van der Waals surface area contributed by atoms with E-state index < -0.39 is 0 Å². The highest BCUT2D eigenvalue weighted by molar-refractivity contribution is 6.30. The Morgan fingerprint density at radius 1 is 1.27 bits per heavy atom. The van der Waals surface area contributed by atoms with E-state index in [0.29, 0.717) is 0 Å². The van der Waals surface area contributed by atoms with Gasteiger partial charge in [0, 0.05) is 23.0 Å². The quantitative estimate of drug-likeness (QED) is 0.777. The molecule has 0 saturated carbocycles. The minimum Gasteiger partial charge on any atom is -0.496 e. The molecule has 0 aliphatic heterocycles. The lowest BCUT2D eigenvalue weighted by molar-refractivity contribution is 0.408. The van der Waals surface area contributed by atoms with Crippen molar-refractivity contribution >= 4 is 11.6 Å². The van der Waals surface area contributed by atoms with Crippen LogP contribution in [0.4, 0.5) is 0 Å². The summed E-state index contributed by atoms with van der Waals surface area (Å²) in [7, 11) is 1.67. The van der Waals surface area contributed by atoms with E-state index in [1.165, 1.54) is 0 Å². The van der Waals surface area contributed by atoms with Gasteiger partial charge in [-0.05, 0) is 30.3 Å². The van der Waals surface area contributed by atoms with Gasteiger partial charge in [0.1, 0.15) is 5.75 Å². The van der Waals surface area contributed by atoms with Gasteiger partial charge in [-0.25, -0.2) is 0 Å². The first-order chi connectivity index (χ1) is 7.29. The Kier molecular flexibility index (Phi) is 2.97. The Bertz CT molecular complexity index is 437. The summed E-state index contributed by atoms with van der Waals surface area (Å²) in [5.74, 6) is 0.869. The number of hydrogen-bond acceptors (Lipinski definition) is 1. The third-order valence-electron chi connectivity index (χ3n) is 2.26. The van der Waals surface area contributed by atoms with Crippen molar-refractivity contribution in [2.24, 2.45) is 0 Å². The zero-order chi connectivity index (χ0) is 10.7. The van der Waals surface area contributed by atoms with Crippen LogP contribution in [-0.4, -0.2) is 11.7 Å². The Labute approximate surface area is 94.1 Å². The van der Waals surface area contributed by atoms with Gasteiger partial charge < -0.3 is 9.30 Å². The molecule has 3 heteroatoms. The first-order valence-electron chi connectivity index (χ1n) is 4.73. The average molecular weight is 222 g/mol. The second-order valence-corrected chi connectivity index (χ2v) is 3.75. The number of nitrogens with zero attached hydrogens (tertiary/aromatic N) is 1. The summed E-state index contributed by atoms with van der Waals surface area (Å²) in [6.45, 7) is 0.775.